The molecule has 21 nitrogen and oxygen atoms in total. The Bertz CT molecular complexity index is 3420. The molecule has 0 spiro atoms. The van der Waals surface area contributed by atoms with Crippen LogP contribution in [0.2, 0.25) is 0 Å². The van der Waals surface area contributed by atoms with Gasteiger partial charge in [0.15, 0.2) is 0 Å². The number of rotatable bonds is 24. The van der Waals surface area contributed by atoms with E-state index in [4.69, 9.17) is 9.47 Å². The molecule has 0 radical (unpaired) electrons. The number of amides is 7. The molecule has 8 rings (SSSR count). The van der Waals surface area contributed by atoms with Crippen LogP contribution in [0.1, 0.15) is 144 Å². The van der Waals surface area contributed by atoms with Gasteiger partial charge in [-0.15, -0.1) is 22.7 Å². The number of hydrogen-bond acceptors (Lipinski definition) is 14. The van der Waals surface area contributed by atoms with Crippen LogP contribution in [0.5, 0.6) is 0 Å². The third kappa shape index (κ3) is 17.1. The van der Waals surface area contributed by atoms with Crippen LogP contribution in [-0.4, -0.2) is 158 Å². The van der Waals surface area contributed by atoms with Gasteiger partial charge in [-0.1, -0.05) is 121 Å². The molecular formula is C64H83F2N8O13PS2. The van der Waals surface area contributed by atoms with E-state index in [1.54, 1.807) is 42.5 Å². The lowest BCUT2D eigenvalue weighted by Crippen LogP contribution is -2.58. The first-order chi connectivity index (χ1) is 42.4. The highest BCUT2D eigenvalue weighted by Crippen LogP contribution is 2.59. The topological polar surface area (TPSA) is 286 Å². The van der Waals surface area contributed by atoms with Crippen molar-refractivity contribution < 1.29 is 71.3 Å². The highest BCUT2D eigenvalue weighted by Gasteiger charge is 2.51. The van der Waals surface area contributed by atoms with Gasteiger partial charge in [0.25, 0.3) is 5.91 Å². The lowest BCUT2D eigenvalue weighted by Gasteiger charge is -2.38. The summed E-state index contributed by atoms with van der Waals surface area (Å²) >= 11 is 2.49. The van der Waals surface area contributed by atoms with E-state index in [2.05, 4.69) is 26.3 Å². The molecule has 0 aliphatic carbocycles. The molecular weight excluding hydrogens is 1220 g/mol. The molecule has 0 saturated carbocycles. The zero-order valence-corrected chi connectivity index (χ0v) is 54.6. The number of aromatic nitrogens is 1. The molecule has 5 aromatic rings. The van der Waals surface area contributed by atoms with Gasteiger partial charge in [0, 0.05) is 55.7 Å². The van der Waals surface area contributed by atoms with Gasteiger partial charge in [-0.05, 0) is 77.8 Å². The summed E-state index contributed by atoms with van der Waals surface area (Å²) in [6.45, 7) is 15.1. The van der Waals surface area contributed by atoms with Gasteiger partial charge in [0.1, 0.15) is 36.9 Å². The van der Waals surface area contributed by atoms with E-state index < -0.39 is 102 Å². The van der Waals surface area contributed by atoms with E-state index in [1.807, 2.05) is 89.2 Å². The van der Waals surface area contributed by atoms with E-state index in [-0.39, 0.29) is 86.8 Å². The number of morpholine rings is 1. The van der Waals surface area contributed by atoms with Gasteiger partial charge >= 0.3 is 13.3 Å². The second-order valence-corrected chi connectivity index (χ2v) is 29.3. The van der Waals surface area contributed by atoms with Crippen molar-refractivity contribution in [1.82, 2.24) is 41.0 Å². The molecule has 3 fully saturated rings. The number of carbonyl (C=O) groups is 7. The summed E-state index contributed by atoms with van der Waals surface area (Å²) in [4.78, 5) is 127. The number of thiophene rings is 1. The van der Waals surface area contributed by atoms with Crippen molar-refractivity contribution in [2.75, 3.05) is 45.9 Å². The molecule has 2 aromatic heterocycles. The number of hydrogen-bond donors (Lipinski definition) is 7. The van der Waals surface area contributed by atoms with Gasteiger partial charge in [-0.25, -0.2) is 4.98 Å². The van der Waals surface area contributed by atoms with Crippen molar-refractivity contribution in [1.29, 1.82) is 0 Å². The number of thiazole rings is 1. The SMILES string of the molecule is Cc1ncsc1-c1ccc([C@H](C)NC(=O)[C@@H]2C[C@@H](O)CN2C(=O)C(NC(=O)CCCCCCCNC(=O)CO[C@H]2C[C@@H](C(=O)N3CCOC(c4ccccc4)C3)N(C(=O)C(NC(=O)c3cc4cc(C(F)(F)P(=O)(O)O)ccc4s3)C(C)(C)C)C2)C(C)(C)C)cc1. The van der Waals surface area contributed by atoms with Gasteiger partial charge in [-0.2, -0.15) is 8.78 Å². The van der Waals surface area contributed by atoms with Gasteiger partial charge in [0.05, 0.1) is 52.4 Å². The summed E-state index contributed by atoms with van der Waals surface area (Å²) in [5, 5.41) is 22.5. The minimum Gasteiger partial charge on any atom is -0.391 e. The maximum atomic E-state index is 14.9. The Balaban J connectivity index is 0.803. The van der Waals surface area contributed by atoms with Gasteiger partial charge in [-0.3, -0.25) is 38.1 Å². The zero-order chi connectivity index (χ0) is 65.5. The number of benzene rings is 3. The number of ether oxygens (including phenoxy) is 2. The van der Waals surface area contributed by atoms with E-state index in [0.29, 0.717) is 30.5 Å². The molecule has 7 amide bonds. The second-order valence-electron chi connectivity index (χ2n) is 25.7. The largest absolute Gasteiger partial charge is 0.399 e. The van der Waals surface area contributed by atoms with Crippen LogP contribution in [-0.2, 0) is 48.5 Å². The highest BCUT2D eigenvalue weighted by molar-refractivity contribution is 7.52. The summed E-state index contributed by atoms with van der Waals surface area (Å²) in [5.74, 6) is -3.21. The zero-order valence-electron chi connectivity index (χ0n) is 52.0. The van der Waals surface area contributed by atoms with Gasteiger partial charge < -0.3 is 60.3 Å². The number of fused-ring (bicyclic) bond motifs is 1. The molecule has 8 atom stereocenters. The number of likely N-dealkylation sites (tertiary alicyclic amines) is 2. The van der Waals surface area contributed by atoms with Crippen LogP contribution in [0, 0.1) is 17.8 Å². The monoisotopic (exact) mass is 1300 g/mol. The van der Waals surface area contributed by atoms with E-state index >= 15 is 0 Å². The highest BCUT2D eigenvalue weighted by atomic mass is 32.1. The Hall–Kier alpha value is -6.57. The lowest BCUT2D eigenvalue weighted by atomic mass is 9.85. The number of aliphatic hydroxyl groups is 1. The van der Waals surface area contributed by atoms with E-state index in [0.717, 1.165) is 63.6 Å². The molecule has 26 heteroatoms. The second kappa shape index (κ2) is 29.4. The van der Waals surface area contributed by atoms with Crippen LogP contribution in [0.4, 0.5) is 8.78 Å². The first-order valence-electron chi connectivity index (χ1n) is 30.4. The normalized spacial score (nSPS) is 20.1. The Morgan fingerprint density at radius 1 is 0.789 bits per heavy atom. The van der Waals surface area contributed by atoms with Crippen molar-refractivity contribution in [3.8, 4) is 10.4 Å². The molecule has 3 aliphatic heterocycles. The average molecular weight is 1310 g/mol. The number of unbranched alkanes of at least 4 members (excludes halogenated alkanes) is 4. The van der Waals surface area contributed by atoms with Crippen molar-refractivity contribution in [2.24, 2.45) is 10.8 Å². The fourth-order valence-electron chi connectivity index (χ4n) is 11.5. The number of aryl methyl sites for hydroxylation is 1. The quantitative estimate of drug-likeness (QED) is 0.0227. The molecule has 3 aromatic carbocycles. The maximum absolute atomic E-state index is 14.9. The summed E-state index contributed by atoms with van der Waals surface area (Å²) in [7, 11) is -5.87. The molecule has 3 saturated heterocycles. The van der Waals surface area contributed by atoms with Gasteiger partial charge in [0.2, 0.25) is 35.4 Å². The van der Waals surface area contributed by atoms with Crippen LogP contribution in [0.15, 0.2) is 84.4 Å². The summed E-state index contributed by atoms with van der Waals surface area (Å²) in [6, 6.07) is 17.1. The van der Waals surface area contributed by atoms with E-state index in [1.165, 1.54) is 21.9 Å². The summed E-state index contributed by atoms with van der Waals surface area (Å²) in [5.41, 5.74) is -1.54. The Kier molecular flexibility index (Phi) is 22.6. The third-order valence-corrected chi connectivity index (χ3v) is 19.7. The molecule has 3 aliphatic rings. The molecule has 3 unspecified atom stereocenters. The van der Waals surface area contributed by atoms with Crippen molar-refractivity contribution >= 4 is 81.7 Å². The Morgan fingerprint density at radius 3 is 2.10 bits per heavy atom. The van der Waals surface area contributed by atoms with Crippen LogP contribution >= 0.6 is 30.3 Å². The van der Waals surface area contributed by atoms with Crippen LogP contribution in [0.3, 0.4) is 0 Å². The average Bonchev–Trinajstić information content (AvgIpc) is 1.90. The molecule has 5 heterocycles. The third-order valence-electron chi connectivity index (χ3n) is 16.6. The fraction of sp³-hybridized carbons (Fsp3) is 0.531. The number of carbonyl (C=O) groups excluding carboxylic acids is 7. The predicted octanol–water partition coefficient (Wildman–Crippen LogP) is 8.12. The fourth-order valence-corrected chi connectivity index (χ4v) is 13.7. The first-order valence-corrected chi connectivity index (χ1v) is 33.7. The summed E-state index contributed by atoms with van der Waals surface area (Å²) in [6.07, 6.45) is 1.57. The lowest BCUT2D eigenvalue weighted by molar-refractivity contribution is -0.150. The Labute approximate surface area is 531 Å². The van der Waals surface area contributed by atoms with Crippen molar-refractivity contribution in [3.63, 3.8) is 0 Å². The Morgan fingerprint density at radius 2 is 1.44 bits per heavy atom. The first kappa shape index (κ1) is 69.3. The molecule has 90 heavy (non-hydrogen) atoms. The number of halogens is 2. The van der Waals surface area contributed by atoms with Crippen molar-refractivity contribution in [2.45, 2.75) is 161 Å². The van der Waals surface area contributed by atoms with Crippen molar-refractivity contribution in [3.05, 3.63) is 112 Å². The smallest absolute Gasteiger partial charge is 0.391 e. The molecule has 0 bridgehead atoms. The number of nitrogens with one attached hydrogen (secondary N) is 4. The van der Waals surface area contributed by atoms with Crippen LogP contribution < -0.4 is 21.3 Å². The molecule has 488 valence electrons. The number of alkyl halides is 2. The van der Waals surface area contributed by atoms with E-state index in [9.17, 15) is 61.8 Å². The number of aliphatic hydroxyl groups excluding tert-OH is 1. The standard InChI is InChI=1S/C64H83F2N8O13PS2/c1-38(40-20-22-42(23-21-40)54-39(2)68-37-89-54)69-57(78)47-31-45(75)33-73(47)60(81)55(62(3,4)5)70-52(76)19-15-10-9-11-16-26-67-53(77)36-87-46-32-48(59(80)72-27-28-86-49(35-72)41-17-13-12-14-18-41)74(34-46)61(82)56(63(6,7)8)71-58(79)51-30-43-29-44(24-25-50(43)90-51)64(65,66)88(83,84)85/h12-14,17-18,20-25,29-30,37-38,45-49,55-56,75H,9-11,15-16,19,26-28,31-36H2,1-8H3,(H,67,77)(H,69,78)(H,70,76)(H,71,79)(H2,83,84,85)/t38-,45+,46-,47-,48-,49?,55?,56?/m0/s1. The number of nitrogens with zero attached hydrogens (tertiary/aromatic N) is 4. The maximum Gasteiger partial charge on any atom is 0.399 e. The minimum atomic E-state index is -5.87. The number of β-amino-alcohol motifs (C(OH)–C–C–N with tert-alkyl or cyclic N) is 1. The van der Waals surface area contributed by atoms with Crippen LogP contribution in [0.25, 0.3) is 20.5 Å². The minimum absolute atomic E-state index is 0.0405. The summed E-state index contributed by atoms with van der Waals surface area (Å²) < 4.78 is 53.4. The predicted molar refractivity (Wildman–Crippen MR) is 337 cm³/mol. The molecule has 7 N–H and O–H groups in total.